The van der Waals surface area contributed by atoms with Crippen LogP contribution in [0.5, 0.6) is 0 Å². The lowest BCUT2D eigenvalue weighted by atomic mass is 9.98. The average Bonchev–Trinajstić information content (AvgIpc) is 2.33. The van der Waals surface area contributed by atoms with Crippen LogP contribution in [0.25, 0.3) is 0 Å². The van der Waals surface area contributed by atoms with Crippen molar-refractivity contribution < 1.29 is 19.1 Å². The number of halogens is 1. The zero-order valence-electron chi connectivity index (χ0n) is 9.55. The number of nitrogens with zero attached hydrogens (tertiary/aromatic N) is 1. The summed E-state index contributed by atoms with van der Waals surface area (Å²) in [5, 5.41) is 11.7. The first kappa shape index (κ1) is 12.1. The number of urea groups is 1. The third kappa shape index (κ3) is 2.17. The van der Waals surface area contributed by atoms with Crippen LogP contribution in [0.2, 0.25) is 0 Å². The maximum Gasteiger partial charge on any atom is 0.335 e. The van der Waals surface area contributed by atoms with E-state index in [2.05, 4.69) is 5.32 Å². The molecule has 1 heterocycles. The van der Waals surface area contributed by atoms with Gasteiger partial charge in [-0.25, -0.2) is 14.0 Å². The van der Waals surface area contributed by atoms with Crippen molar-refractivity contribution in [2.75, 3.05) is 7.05 Å². The lowest BCUT2D eigenvalue weighted by Crippen LogP contribution is -2.43. The van der Waals surface area contributed by atoms with Crippen molar-refractivity contribution in [1.82, 2.24) is 10.2 Å². The second-order valence-corrected chi connectivity index (χ2v) is 3.93. The van der Waals surface area contributed by atoms with E-state index < -0.39 is 23.9 Å². The van der Waals surface area contributed by atoms with Crippen LogP contribution in [0.4, 0.5) is 9.18 Å². The molecule has 0 saturated carbocycles. The van der Waals surface area contributed by atoms with Gasteiger partial charge in [0.15, 0.2) is 0 Å². The van der Waals surface area contributed by atoms with Gasteiger partial charge in [-0.2, -0.15) is 0 Å². The number of hydrogen-bond acceptors (Lipinski definition) is 2. The minimum Gasteiger partial charge on any atom is -0.478 e. The van der Waals surface area contributed by atoms with Crippen LogP contribution in [0.1, 0.15) is 11.6 Å². The van der Waals surface area contributed by atoms with Gasteiger partial charge in [0.1, 0.15) is 5.82 Å². The minimum absolute atomic E-state index is 0.0312. The summed E-state index contributed by atoms with van der Waals surface area (Å²) in [5.74, 6) is -1.55. The van der Waals surface area contributed by atoms with Gasteiger partial charge in [0.05, 0.1) is 11.6 Å². The van der Waals surface area contributed by atoms with E-state index in [1.54, 1.807) is 0 Å². The Morgan fingerprint density at radius 2 is 2.00 bits per heavy atom. The molecule has 2 amide bonds. The summed E-state index contributed by atoms with van der Waals surface area (Å²) >= 11 is 0. The molecule has 6 heteroatoms. The van der Waals surface area contributed by atoms with E-state index in [-0.39, 0.29) is 5.57 Å². The molecule has 1 atom stereocenters. The van der Waals surface area contributed by atoms with Crippen molar-refractivity contribution in [2.45, 2.75) is 6.04 Å². The van der Waals surface area contributed by atoms with Crippen molar-refractivity contribution in [3.05, 3.63) is 47.4 Å². The smallest absolute Gasteiger partial charge is 0.335 e. The normalized spacial score (nSPS) is 19.2. The van der Waals surface area contributed by atoms with Crippen molar-refractivity contribution >= 4 is 12.0 Å². The molecule has 1 aromatic carbocycles. The summed E-state index contributed by atoms with van der Waals surface area (Å²) in [4.78, 5) is 23.8. The fourth-order valence-electron chi connectivity index (χ4n) is 1.74. The zero-order chi connectivity index (χ0) is 13.3. The van der Waals surface area contributed by atoms with Crippen molar-refractivity contribution in [3.63, 3.8) is 0 Å². The van der Waals surface area contributed by atoms with E-state index in [1.165, 1.54) is 37.5 Å². The molecule has 0 bridgehead atoms. The molecule has 1 aliphatic heterocycles. The van der Waals surface area contributed by atoms with Gasteiger partial charge in [-0.3, -0.25) is 0 Å². The molecule has 0 aliphatic carbocycles. The largest absolute Gasteiger partial charge is 0.478 e. The Morgan fingerprint density at radius 1 is 1.39 bits per heavy atom. The molecular formula is C12H11FN2O3. The average molecular weight is 250 g/mol. The van der Waals surface area contributed by atoms with E-state index in [9.17, 15) is 14.0 Å². The second-order valence-electron chi connectivity index (χ2n) is 3.93. The van der Waals surface area contributed by atoms with E-state index in [4.69, 9.17) is 5.11 Å². The van der Waals surface area contributed by atoms with E-state index in [0.29, 0.717) is 5.56 Å². The Kier molecular flexibility index (Phi) is 3.01. The minimum atomic E-state index is -1.13. The lowest BCUT2D eigenvalue weighted by Gasteiger charge is -2.28. The van der Waals surface area contributed by atoms with E-state index in [0.717, 1.165) is 4.90 Å². The number of carbonyl (C=O) groups excluding carboxylic acids is 1. The Labute approximate surface area is 103 Å². The summed E-state index contributed by atoms with van der Waals surface area (Å²) < 4.78 is 12.8. The zero-order valence-corrected chi connectivity index (χ0v) is 9.55. The molecular weight excluding hydrogens is 239 g/mol. The maximum atomic E-state index is 12.8. The quantitative estimate of drug-likeness (QED) is 0.835. The number of hydrogen-bond donors (Lipinski definition) is 2. The fourth-order valence-corrected chi connectivity index (χ4v) is 1.74. The van der Waals surface area contributed by atoms with E-state index in [1.807, 2.05) is 0 Å². The molecule has 0 saturated heterocycles. The number of nitrogens with one attached hydrogen (secondary N) is 1. The summed E-state index contributed by atoms with van der Waals surface area (Å²) in [6.07, 6.45) is 1.26. The molecule has 5 nitrogen and oxygen atoms in total. The van der Waals surface area contributed by atoms with Crippen LogP contribution >= 0.6 is 0 Å². The maximum absolute atomic E-state index is 12.8. The van der Waals surface area contributed by atoms with E-state index >= 15 is 0 Å². The van der Waals surface area contributed by atoms with Gasteiger partial charge >= 0.3 is 12.0 Å². The molecule has 1 aromatic rings. The van der Waals surface area contributed by atoms with Gasteiger partial charge in [0.25, 0.3) is 0 Å². The lowest BCUT2D eigenvalue weighted by molar-refractivity contribution is -0.133. The molecule has 0 aromatic heterocycles. The summed E-state index contributed by atoms with van der Waals surface area (Å²) in [5.41, 5.74) is 0.551. The van der Waals surface area contributed by atoms with Gasteiger partial charge < -0.3 is 15.3 Å². The van der Waals surface area contributed by atoms with Crippen LogP contribution in [-0.2, 0) is 4.79 Å². The summed E-state index contributed by atoms with van der Waals surface area (Å²) in [6, 6.07) is 4.16. The fraction of sp³-hybridized carbons (Fsp3) is 0.167. The highest BCUT2D eigenvalue weighted by Crippen LogP contribution is 2.25. The van der Waals surface area contributed by atoms with Crippen molar-refractivity contribution in [3.8, 4) is 0 Å². The predicted molar refractivity (Wildman–Crippen MR) is 61.2 cm³/mol. The topological polar surface area (TPSA) is 69.6 Å². The van der Waals surface area contributed by atoms with Crippen molar-refractivity contribution in [1.29, 1.82) is 0 Å². The first-order valence-corrected chi connectivity index (χ1v) is 5.23. The van der Waals surface area contributed by atoms with Gasteiger partial charge in [-0.15, -0.1) is 0 Å². The van der Waals surface area contributed by atoms with Crippen LogP contribution in [-0.4, -0.2) is 29.1 Å². The molecule has 18 heavy (non-hydrogen) atoms. The third-order valence-corrected chi connectivity index (χ3v) is 2.68. The Balaban J connectivity index is 2.41. The molecule has 0 fully saturated rings. The number of benzene rings is 1. The number of carboxylic acid groups (broad SMARTS) is 1. The molecule has 0 unspecified atom stereocenters. The highest BCUT2D eigenvalue weighted by molar-refractivity contribution is 5.92. The number of aliphatic carboxylic acids is 1. The molecule has 0 radical (unpaired) electrons. The third-order valence-electron chi connectivity index (χ3n) is 2.68. The van der Waals surface area contributed by atoms with Gasteiger partial charge in [0.2, 0.25) is 0 Å². The predicted octanol–water partition coefficient (Wildman–Crippen LogP) is 1.49. The van der Waals surface area contributed by atoms with Crippen LogP contribution in [0, 0.1) is 5.82 Å². The Hall–Kier alpha value is -2.37. The molecule has 2 rings (SSSR count). The van der Waals surface area contributed by atoms with Crippen LogP contribution in [0.3, 0.4) is 0 Å². The van der Waals surface area contributed by atoms with Gasteiger partial charge in [-0.05, 0) is 17.7 Å². The second kappa shape index (κ2) is 4.48. The van der Waals surface area contributed by atoms with Crippen LogP contribution in [0.15, 0.2) is 36.0 Å². The monoisotopic (exact) mass is 250 g/mol. The van der Waals surface area contributed by atoms with Crippen LogP contribution < -0.4 is 5.32 Å². The Morgan fingerprint density at radius 3 is 2.56 bits per heavy atom. The first-order valence-electron chi connectivity index (χ1n) is 5.23. The van der Waals surface area contributed by atoms with Gasteiger partial charge in [0, 0.05) is 13.2 Å². The number of amides is 2. The SMILES string of the molecule is CN1C=C(C(=O)O)[C@H](c2ccc(F)cc2)NC1=O. The number of carboxylic acids is 1. The molecule has 0 spiro atoms. The first-order chi connectivity index (χ1) is 8.49. The molecule has 94 valence electrons. The Bertz CT molecular complexity index is 525. The standard InChI is InChI=1S/C12H11FN2O3/c1-15-6-9(11(16)17)10(14-12(15)18)7-2-4-8(13)5-3-7/h2-6,10H,1H3,(H,14,18)(H,16,17)/t10-/m0/s1. The molecule has 2 N–H and O–H groups in total. The van der Waals surface area contributed by atoms with Crippen molar-refractivity contribution in [2.24, 2.45) is 0 Å². The summed E-state index contributed by atoms with van der Waals surface area (Å²) in [7, 11) is 1.46. The highest BCUT2D eigenvalue weighted by Gasteiger charge is 2.30. The van der Waals surface area contributed by atoms with Gasteiger partial charge in [-0.1, -0.05) is 12.1 Å². The molecule has 1 aliphatic rings. The summed E-state index contributed by atoms with van der Waals surface area (Å²) in [6.45, 7) is 0. The number of carbonyl (C=O) groups is 2. The highest BCUT2D eigenvalue weighted by atomic mass is 19.1. The number of rotatable bonds is 2.